The molecule has 1 aromatic heterocycles. The lowest BCUT2D eigenvalue weighted by molar-refractivity contribution is 0.101. The number of carbonyl (C=O) groups is 1. The van der Waals surface area contributed by atoms with Crippen LogP contribution in [0.2, 0.25) is 0 Å². The maximum Gasteiger partial charge on any atom is 0.272 e. The van der Waals surface area contributed by atoms with E-state index in [1.807, 2.05) is 31.4 Å². The van der Waals surface area contributed by atoms with Crippen molar-refractivity contribution in [3.63, 3.8) is 0 Å². The Bertz CT molecular complexity index is 575. The Balaban J connectivity index is 2.18. The molecule has 1 heterocycles. The monoisotopic (exact) mass is 306 g/mol. The summed E-state index contributed by atoms with van der Waals surface area (Å²) in [5.41, 5.74) is 2.67. The Morgan fingerprint density at radius 3 is 2.78 bits per heavy atom. The molecule has 1 N–H and O–H groups in total. The van der Waals surface area contributed by atoms with Crippen molar-refractivity contribution in [2.24, 2.45) is 7.05 Å². The number of aromatic nitrogens is 1. The van der Waals surface area contributed by atoms with E-state index < -0.39 is 0 Å². The van der Waals surface area contributed by atoms with Crippen LogP contribution in [0.1, 0.15) is 23.0 Å². The molecule has 0 bridgehead atoms. The van der Waals surface area contributed by atoms with Crippen molar-refractivity contribution in [2.45, 2.75) is 13.3 Å². The third kappa shape index (κ3) is 2.82. The predicted octanol–water partition coefficient (Wildman–Crippen LogP) is 3.60. The largest absolute Gasteiger partial charge is 0.345 e. The second kappa shape index (κ2) is 5.40. The van der Waals surface area contributed by atoms with Crippen molar-refractivity contribution < 1.29 is 4.79 Å². The lowest BCUT2D eigenvalue weighted by Crippen LogP contribution is -2.15. The fraction of sp³-hybridized carbons (Fsp3) is 0.214. The van der Waals surface area contributed by atoms with E-state index in [4.69, 9.17) is 0 Å². The highest BCUT2D eigenvalue weighted by molar-refractivity contribution is 9.10. The van der Waals surface area contributed by atoms with Gasteiger partial charge in [-0.25, -0.2) is 0 Å². The molecule has 0 radical (unpaired) electrons. The van der Waals surface area contributed by atoms with E-state index >= 15 is 0 Å². The molecule has 1 amide bonds. The number of amides is 1. The van der Waals surface area contributed by atoms with Gasteiger partial charge in [-0.2, -0.15) is 0 Å². The predicted molar refractivity (Wildman–Crippen MR) is 76.9 cm³/mol. The van der Waals surface area contributed by atoms with Crippen LogP contribution in [0.4, 0.5) is 5.69 Å². The van der Waals surface area contributed by atoms with Crippen LogP contribution in [-0.2, 0) is 13.5 Å². The molecule has 0 fully saturated rings. The minimum Gasteiger partial charge on any atom is -0.345 e. The number of benzene rings is 1. The van der Waals surface area contributed by atoms with E-state index in [0.717, 1.165) is 16.6 Å². The molecule has 0 unspecified atom stereocenters. The molecule has 3 nitrogen and oxygen atoms in total. The average molecular weight is 307 g/mol. The summed E-state index contributed by atoms with van der Waals surface area (Å²) in [5.74, 6) is -0.101. The number of nitrogens with zero attached hydrogens (tertiary/aromatic N) is 1. The molecule has 1 aromatic carbocycles. The highest BCUT2D eigenvalue weighted by Gasteiger charge is 2.11. The number of carbonyl (C=O) groups excluding carboxylic acids is 1. The van der Waals surface area contributed by atoms with E-state index in [1.54, 1.807) is 10.6 Å². The molecule has 0 saturated heterocycles. The van der Waals surface area contributed by atoms with Crippen LogP contribution in [-0.4, -0.2) is 10.5 Å². The molecule has 2 aromatic rings. The summed E-state index contributed by atoms with van der Waals surface area (Å²) in [6.45, 7) is 2.09. The first kappa shape index (κ1) is 12.9. The molecule has 0 spiro atoms. The van der Waals surface area contributed by atoms with Crippen LogP contribution >= 0.6 is 15.9 Å². The highest BCUT2D eigenvalue weighted by atomic mass is 79.9. The van der Waals surface area contributed by atoms with E-state index in [9.17, 15) is 4.79 Å². The van der Waals surface area contributed by atoms with Gasteiger partial charge in [0.15, 0.2) is 0 Å². The third-order valence-electron chi connectivity index (χ3n) is 2.80. The lowest BCUT2D eigenvalue weighted by Gasteiger charge is -2.07. The smallest absolute Gasteiger partial charge is 0.272 e. The summed E-state index contributed by atoms with van der Waals surface area (Å²) in [6, 6.07) is 9.70. The molecular weight excluding hydrogens is 292 g/mol. The average Bonchev–Trinajstić information content (AvgIpc) is 2.69. The number of anilines is 1. The second-order valence-corrected chi connectivity index (χ2v) is 5.08. The van der Waals surface area contributed by atoms with Crippen LogP contribution in [0, 0.1) is 0 Å². The quantitative estimate of drug-likeness (QED) is 0.923. The first-order chi connectivity index (χ1) is 8.60. The van der Waals surface area contributed by atoms with Crippen molar-refractivity contribution in [3.05, 3.63) is 52.3 Å². The van der Waals surface area contributed by atoms with Crippen LogP contribution in [0.3, 0.4) is 0 Å². The zero-order valence-corrected chi connectivity index (χ0v) is 12.0. The van der Waals surface area contributed by atoms with Gasteiger partial charge in [-0.05, 0) is 46.1 Å². The zero-order chi connectivity index (χ0) is 13.1. The molecule has 0 aliphatic rings. The Hall–Kier alpha value is -1.55. The molecule has 0 aliphatic heterocycles. The SMILES string of the molecule is CCc1cccc(NC(=O)c2cc(Br)cn2C)c1. The van der Waals surface area contributed by atoms with E-state index in [2.05, 4.69) is 34.2 Å². The highest BCUT2D eigenvalue weighted by Crippen LogP contribution is 2.16. The topological polar surface area (TPSA) is 34.0 Å². The Morgan fingerprint density at radius 2 is 2.17 bits per heavy atom. The maximum atomic E-state index is 12.1. The molecule has 0 aliphatic carbocycles. The number of rotatable bonds is 3. The van der Waals surface area contributed by atoms with Crippen molar-refractivity contribution >= 4 is 27.5 Å². The van der Waals surface area contributed by atoms with Gasteiger partial charge in [0.05, 0.1) is 0 Å². The zero-order valence-electron chi connectivity index (χ0n) is 10.4. The summed E-state index contributed by atoms with van der Waals surface area (Å²) >= 11 is 3.36. The van der Waals surface area contributed by atoms with Gasteiger partial charge >= 0.3 is 0 Å². The Morgan fingerprint density at radius 1 is 1.39 bits per heavy atom. The van der Waals surface area contributed by atoms with Gasteiger partial charge in [-0.15, -0.1) is 0 Å². The van der Waals surface area contributed by atoms with Gasteiger partial charge in [-0.3, -0.25) is 4.79 Å². The normalized spacial score (nSPS) is 10.4. The standard InChI is InChI=1S/C14H15BrN2O/c1-3-10-5-4-6-12(7-10)16-14(18)13-8-11(15)9-17(13)2/h4-9H,3H2,1-2H3,(H,16,18). The fourth-order valence-corrected chi connectivity index (χ4v) is 2.34. The number of hydrogen-bond donors (Lipinski definition) is 1. The van der Waals surface area contributed by atoms with Crippen molar-refractivity contribution in [2.75, 3.05) is 5.32 Å². The van der Waals surface area contributed by atoms with Crippen molar-refractivity contribution in [3.8, 4) is 0 Å². The van der Waals surface area contributed by atoms with E-state index in [1.165, 1.54) is 5.56 Å². The summed E-state index contributed by atoms with van der Waals surface area (Å²) in [5, 5.41) is 2.91. The van der Waals surface area contributed by atoms with Crippen LogP contribution < -0.4 is 5.32 Å². The van der Waals surface area contributed by atoms with E-state index in [-0.39, 0.29) is 5.91 Å². The minimum absolute atomic E-state index is 0.101. The third-order valence-corrected chi connectivity index (χ3v) is 3.23. The summed E-state index contributed by atoms with van der Waals surface area (Å²) in [7, 11) is 1.85. The first-order valence-corrected chi connectivity index (χ1v) is 6.61. The minimum atomic E-state index is -0.101. The molecular formula is C14H15BrN2O. The Kier molecular flexibility index (Phi) is 3.87. The van der Waals surface area contributed by atoms with Gasteiger partial charge in [0.1, 0.15) is 5.69 Å². The number of aryl methyl sites for hydroxylation is 2. The fourth-order valence-electron chi connectivity index (χ4n) is 1.81. The lowest BCUT2D eigenvalue weighted by atomic mass is 10.1. The van der Waals surface area contributed by atoms with Gasteiger partial charge in [-0.1, -0.05) is 19.1 Å². The first-order valence-electron chi connectivity index (χ1n) is 5.82. The molecule has 2 rings (SSSR count). The van der Waals surface area contributed by atoms with Gasteiger partial charge in [0.2, 0.25) is 0 Å². The number of halogens is 1. The number of nitrogens with one attached hydrogen (secondary N) is 1. The second-order valence-electron chi connectivity index (χ2n) is 4.16. The van der Waals surface area contributed by atoms with Gasteiger partial charge < -0.3 is 9.88 Å². The van der Waals surface area contributed by atoms with Crippen molar-refractivity contribution in [1.82, 2.24) is 4.57 Å². The van der Waals surface area contributed by atoms with Crippen molar-refractivity contribution in [1.29, 1.82) is 0 Å². The summed E-state index contributed by atoms with van der Waals surface area (Å²) in [4.78, 5) is 12.1. The molecule has 18 heavy (non-hydrogen) atoms. The van der Waals surface area contributed by atoms with Gasteiger partial charge in [0.25, 0.3) is 5.91 Å². The maximum absolute atomic E-state index is 12.1. The van der Waals surface area contributed by atoms with E-state index in [0.29, 0.717) is 5.69 Å². The molecule has 0 saturated carbocycles. The Labute approximate surface area is 115 Å². The summed E-state index contributed by atoms with van der Waals surface area (Å²) in [6.07, 6.45) is 2.82. The van der Waals surface area contributed by atoms with Crippen LogP contribution in [0.15, 0.2) is 41.0 Å². The molecule has 4 heteroatoms. The van der Waals surface area contributed by atoms with Crippen LogP contribution in [0.5, 0.6) is 0 Å². The molecule has 0 atom stereocenters. The number of hydrogen-bond acceptors (Lipinski definition) is 1. The van der Waals surface area contributed by atoms with Gasteiger partial charge in [0, 0.05) is 23.4 Å². The van der Waals surface area contributed by atoms with Crippen LogP contribution in [0.25, 0.3) is 0 Å². The summed E-state index contributed by atoms with van der Waals surface area (Å²) < 4.78 is 2.70. The molecule has 94 valence electrons.